The van der Waals surface area contributed by atoms with Crippen molar-refractivity contribution in [2.24, 2.45) is 17.8 Å². The normalized spacial score (nSPS) is 23.1. The minimum Gasteiger partial charge on any atom is -0.481 e. The molecule has 0 bridgehead atoms. The van der Waals surface area contributed by atoms with Gasteiger partial charge in [-0.1, -0.05) is 13.8 Å². The van der Waals surface area contributed by atoms with Crippen LogP contribution in [0.1, 0.15) is 33.1 Å². The van der Waals surface area contributed by atoms with Gasteiger partial charge in [-0.2, -0.15) is 0 Å². The van der Waals surface area contributed by atoms with Crippen LogP contribution in [-0.2, 0) is 9.59 Å². The van der Waals surface area contributed by atoms with Gasteiger partial charge in [-0.05, 0) is 37.8 Å². The number of aliphatic carboxylic acids is 1. The fraction of sp³-hybridized carbons (Fsp3) is 0.846. The first-order valence-corrected chi connectivity index (χ1v) is 6.71. The quantitative estimate of drug-likeness (QED) is 0.658. The summed E-state index contributed by atoms with van der Waals surface area (Å²) in [5.41, 5.74) is 0. The van der Waals surface area contributed by atoms with Crippen LogP contribution in [0.3, 0.4) is 0 Å². The summed E-state index contributed by atoms with van der Waals surface area (Å²) in [5, 5.41) is 14.8. The van der Waals surface area contributed by atoms with Gasteiger partial charge in [-0.25, -0.2) is 0 Å². The summed E-state index contributed by atoms with van der Waals surface area (Å²) in [6.07, 6.45) is 2.83. The third-order valence-electron chi connectivity index (χ3n) is 3.67. The Labute approximate surface area is 108 Å². The Kier molecular flexibility index (Phi) is 6.12. The Morgan fingerprint density at radius 2 is 2.17 bits per heavy atom. The van der Waals surface area contributed by atoms with E-state index in [1.165, 1.54) is 12.8 Å². The van der Waals surface area contributed by atoms with Crippen LogP contribution in [0.5, 0.6) is 0 Å². The molecule has 0 saturated carbocycles. The second-order valence-corrected chi connectivity index (χ2v) is 5.33. The van der Waals surface area contributed by atoms with Crippen molar-refractivity contribution in [3.05, 3.63) is 0 Å². The molecule has 0 aromatic carbocycles. The third kappa shape index (κ3) is 5.04. The smallest absolute Gasteiger partial charge is 0.308 e. The highest BCUT2D eigenvalue weighted by molar-refractivity contribution is 5.77. The lowest BCUT2D eigenvalue weighted by Gasteiger charge is -2.28. The van der Waals surface area contributed by atoms with Gasteiger partial charge in [0.1, 0.15) is 0 Å². The van der Waals surface area contributed by atoms with E-state index in [4.69, 9.17) is 5.11 Å². The van der Waals surface area contributed by atoms with Gasteiger partial charge in [0.15, 0.2) is 0 Å². The third-order valence-corrected chi connectivity index (χ3v) is 3.67. The van der Waals surface area contributed by atoms with Gasteiger partial charge < -0.3 is 15.7 Å². The molecule has 1 aliphatic heterocycles. The van der Waals surface area contributed by atoms with Crippen molar-refractivity contribution in [3.63, 3.8) is 0 Å². The molecule has 1 saturated heterocycles. The number of hydrogen-bond donors (Lipinski definition) is 3. The lowest BCUT2D eigenvalue weighted by atomic mass is 9.85. The minimum atomic E-state index is -0.875. The Hall–Kier alpha value is -1.10. The molecule has 3 unspecified atom stereocenters. The second-order valence-electron chi connectivity index (χ2n) is 5.33. The van der Waals surface area contributed by atoms with Crippen LogP contribution in [0.4, 0.5) is 0 Å². The first-order chi connectivity index (χ1) is 8.50. The molecule has 0 spiro atoms. The molecule has 104 valence electrons. The van der Waals surface area contributed by atoms with E-state index < -0.39 is 11.9 Å². The predicted molar refractivity (Wildman–Crippen MR) is 69.2 cm³/mol. The number of carboxylic acids is 1. The van der Waals surface area contributed by atoms with E-state index in [9.17, 15) is 9.59 Å². The van der Waals surface area contributed by atoms with Crippen LogP contribution in [0, 0.1) is 17.8 Å². The van der Waals surface area contributed by atoms with Gasteiger partial charge >= 0.3 is 5.97 Å². The van der Waals surface area contributed by atoms with E-state index in [2.05, 4.69) is 17.6 Å². The van der Waals surface area contributed by atoms with Crippen LogP contribution in [0.2, 0.25) is 0 Å². The number of amides is 1. The zero-order chi connectivity index (χ0) is 13.5. The number of carbonyl (C=O) groups excluding carboxylic acids is 1. The summed E-state index contributed by atoms with van der Waals surface area (Å²) in [5.74, 6) is -0.541. The average molecular weight is 256 g/mol. The maximum Gasteiger partial charge on any atom is 0.308 e. The first-order valence-electron chi connectivity index (χ1n) is 6.71. The fourth-order valence-electron chi connectivity index (χ4n) is 2.25. The highest BCUT2D eigenvalue weighted by atomic mass is 16.4. The summed E-state index contributed by atoms with van der Waals surface area (Å²) < 4.78 is 0. The lowest BCUT2D eigenvalue weighted by molar-refractivity contribution is -0.141. The molecule has 0 aromatic rings. The molecular weight excluding hydrogens is 232 g/mol. The Bertz CT molecular complexity index is 288. The summed E-state index contributed by atoms with van der Waals surface area (Å²) in [6.45, 7) is 5.96. The van der Waals surface area contributed by atoms with Gasteiger partial charge in [0.25, 0.3) is 0 Å². The first kappa shape index (κ1) is 15.0. The molecule has 1 rings (SSSR count). The largest absolute Gasteiger partial charge is 0.481 e. The highest BCUT2D eigenvalue weighted by Crippen LogP contribution is 2.22. The molecule has 0 aromatic heterocycles. The van der Waals surface area contributed by atoms with E-state index in [0.717, 1.165) is 13.1 Å². The van der Waals surface area contributed by atoms with Crippen molar-refractivity contribution in [3.8, 4) is 0 Å². The van der Waals surface area contributed by atoms with E-state index in [-0.39, 0.29) is 12.5 Å². The molecule has 3 atom stereocenters. The summed E-state index contributed by atoms with van der Waals surface area (Å²) in [4.78, 5) is 22.3. The van der Waals surface area contributed by atoms with Crippen molar-refractivity contribution in [1.29, 1.82) is 0 Å². The summed E-state index contributed by atoms with van der Waals surface area (Å²) >= 11 is 0. The number of carboxylic acid groups (broad SMARTS) is 1. The highest BCUT2D eigenvalue weighted by Gasteiger charge is 2.22. The van der Waals surface area contributed by atoms with Crippen molar-refractivity contribution in [2.75, 3.05) is 19.6 Å². The topological polar surface area (TPSA) is 78.4 Å². The molecule has 1 aliphatic rings. The zero-order valence-corrected chi connectivity index (χ0v) is 11.2. The fourth-order valence-corrected chi connectivity index (χ4v) is 2.25. The maximum absolute atomic E-state index is 11.7. The molecule has 18 heavy (non-hydrogen) atoms. The zero-order valence-electron chi connectivity index (χ0n) is 11.2. The molecule has 0 aliphatic carbocycles. The van der Waals surface area contributed by atoms with Crippen molar-refractivity contribution in [2.45, 2.75) is 33.1 Å². The van der Waals surface area contributed by atoms with Crippen molar-refractivity contribution >= 4 is 11.9 Å². The van der Waals surface area contributed by atoms with E-state index in [0.29, 0.717) is 18.3 Å². The molecular formula is C13H24N2O3. The summed E-state index contributed by atoms with van der Waals surface area (Å²) in [6, 6.07) is 0. The molecule has 5 heteroatoms. The molecule has 0 radical (unpaired) electrons. The predicted octanol–water partition coefficient (Wildman–Crippen LogP) is 0.849. The van der Waals surface area contributed by atoms with Gasteiger partial charge in [-0.15, -0.1) is 0 Å². The minimum absolute atomic E-state index is 0.0406. The molecule has 1 fully saturated rings. The van der Waals surface area contributed by atoms with Crippen LogP contribution in [0.25, 0.3) is 0 Å². The average Bonchev–Trinajstić information content (AvgIpc) is 2.36. The Morgan fingerprint density at radius 3 is 2.72 bits per heavy atom. The Balaban J connectivity index is 2.24. The summed E-state index contributed by atoms with van der Waals surface area (Å²) in [7, 11) is 0. The van der Waals surface area contributed by atoms with Gasteiger partial charge in [0.05, 0.1) is 5.92 Å². The molecule has 1 heterocycles. The van der Waals surface area contributed by atoms with Crippen molar-refractivity contribution < 1.29 is 14.7 Å². The van der Waals surface area contributed by atoms with Crippen LogP contribution >= 0.6 is 0 Å². The lowest BCUT2D eigenvalue weighted by Crippen LogP contribution is -2.37. The van der Waals surface area contributed by atoms with Gasteiger partial charge in [0.2, 0.25) is 5.91 Å². The SMILES string of the molecule is CC(CNC(=O)CC(C)C1CCCNC1)C(=O)O. The number of rotatable bonds is 6. The van der Waals surface area contributed by atoms with Crippen molar-refractivity contribution in [1.82, 2.24) is 10.6 Å². The monoisotopic (exact) mass is 256 g/mol. The number of carbonyl (C=O) groups is 2. The van der Waals surface area contributed by atoms with Gasteiger partial charge in [0, 0.05) is 13.0 Å². The van der Waals surface area contributed by atoms with Crippen LogP contribution < -0.4 is 10.6 Å². The van der Waals surface area contributed by atoms with Gasteiger partial charge in [-0.3, -0.25) is 9.59 Å². The molecule has 1 amide bonds. The van der Waals surface area contributed by atoms with E-state index >= 15 is 0 Å². The van der Waals surface area contributed by atoms with E-state index in [1.807, 2.05) is 0 Å². The standard InChI is InChI=1S/C13H24N2O3/c1-9(11-4-3-5-14-8-11)6-12(16)15-7-10(2)13(17)18/h9-11,14H,3-8H2,1-2H3,(H,15,16)(H,17,18). The number of hydrogen-bond acceptors (Lipinski definition) is 3. The Morgan fingerprint density at radius 1 is 1.44 bits per heavy atom. The molecule has 5 nitrogen and oxygen atoms in total. The van der Waals surface area contributed by atoms with Crippen LogP contribution in [0.15, 0.2) is 0 Å². The molecule has 3 N–H and O–H groups in total. The van der Waals surface area contributed by atoms with Crippen LogP contribution in [-0.4, -0.2) is 36.6 Å². The second kappa shape index (κ2) is 7.36. The number of piperidine rings is 1. The van der Waals surface area contributed by atoms with E-state index in [1.54, 1.807) is 6.92 Å². The number of nitrogens with one attached hydrogen (secondary N) is 2. The maximum atomic E-state index is 11.7.